The molecule has 7 nitrogen and oxygen atoms in total. The molecule has 0 radical (unpaired) electrons. The number of carboxylic acids is 1. The number of likely N-dealkylation sites (tertiary alicyclic amines) is 1. The van der Waals surface area contributed by atoms with E-state index in [-0.39, 0.29) is 25.4 Å². The molecule has 1 fully saturated rings. The van der Waals surface area contributed by atoms with Crippen LogP contribution in [-0.4, -0.2) is 53.2 Å². The molecule has 1 atom stereocenters. The third-order valence-corrected chi connectivity index (χ3v) is 2.61. The molecule has 0 aromatic carbocycles. The lowest BCUT2D eigenvalue weighted by Gasteiger charge is -2.21. The van der Waals surface area contributed by atoms with Crippen LogP contribution in [0.5, 0.6) is 0 Å². The van der Waals surface area contributed by atoms with Crippen molar-refractivity contribution in [3.63, 3.8) is 0 Å². The highest BCUT2D eigenvalue weighted by Crippen LogP contribution is 2.17. The molecule has 19 heavy (non-hydrogen) atoms. The average Bonchev–Trinajstić information content (AvgIpc) is 2.58. The van der Waals surface area contributed by atoms with Crippen LogP contribution >= 0.6 is 0 Å². The van der Waals surface area contributed by atoms with Gasteiger partial charge in [0.05, 0.1) is 5.92 Å². The van der Waals surface area contributed by atoms with Crippen LogP contribution in [0.2, 0.25) is 0 Å². The normalized spacial score (nSPS) is 19.4. The Morgan fingerprint density at radius 2 is 2.11 bits per heavy atom. The van der Waals surface area contributed by atoms with Gasteiger partial charge in [-0.2, -0.15) is 0 Å². The number of hydrogen-bond acceptors (Lipinski definition) is 4. The van der Waals surface area contributed by atoms with Gasteiger partial charge in [0.2, 0.25) is 5.91 Å². The predicted octanol–water partition coefficient (Wildman–Crippen LogP) is 0.444. The van der Waals surface area contributed by atoms with Crippen molar-refractivity contribution >= 4 is 18.0 Å². The lowest BCUT2D eigenvalue weighted by molar-refractivity contribution is -0.141. The smallest absolute Gasteiger partial charge is 0.407 e. The van der Waals surface area contributed by atoms with Gasteiger partial charge in [-0.3, -0.25) is 9.59 Å². The van der Waals surface area contributed by atoms with Gasteiger partial charge in [0.25, 0.3) is 0 Å². The van der Waals surface area contributed by atoms with Gasteiger partial charge in [0.1, 0.15) is 5.60 Å². The number of carbonyl (C=O) groups excluding carboxylic acids is 2. The number of aliphatic carboxylic acids is 1. The summed E-state index contributed by atoms with van der Waals surface area (Å²) >= 11 is 0. The lowest BCUT2D eigenvalue weighted by Crippen LogP contribution is -2.38. The van der Waals surface area contributed by atoms with Crippen molar-refractivity contribution < 1.29 is 24.2 Å². The van der Waals surface area contributed by atoms with Gasteiger partial charge in [-0.25, -0.2) is 4.79 Å². The summed E-state index contributed by atoms with van der Waals surface area (Å²) in [5, 5.41) is 11.3. The first-order valence-corrected chi connectivity index (χ1v) is 6.16. The molecule has 1 aliphatic heterocycles. The zero-order valence-corrected chi connectivity index (χ0v) is 11.4. The molecule has 0 aromatic heterocycles. The maximum absolute atomic E-state index is 11.5. The molecule has 0 aliphatic carbocycles. The highest BCUT2D eigenvalue weighted by molar-refractivity contribution is 5.86. The van der Waals surface area contributed by atoms with E-state index in [4.69, 9.17) is 9.84 Å². The summed E-state index contributed by atoms with van der Waals surface area (Å²) in [6.45, 7) is 6.01. The van der Waals surface area contributed by atoms with Gasteiger partial charge in [-0.1, -0.05) is 0 Å². The first kappa shape index (κ1) is 15.3. The molecule has 1 saturated heterocycles. The summed E-state index contributed by atoms with van der Waals surface area (Å²) in [7, 11) is 0. The van der Waals surface area contributed by atoms with Crippen molar-refractivity contribution in [2.75, 3.05) is 19.6 Å². The van der Waals surface area contributed by atoms with E-state index < -0.39 is 23.6 Å². The van der Waals surface area contributed by atoms with Crippen molar-refractivity contribution in [2.24, 2.45) is 5.92 Å². The van der Waals surface area contributed by atoms with E-state index >= 15 is 0 Å². The van der Waals surface area contributed by atoms with E-state index in [1.54, 1.807) is 20.8 Å². The molecular weight excluding hydrogens is 252 g/mol. The number of alkyl carbamates (subject to hydrolysis) is 1. The third-order valence-electron chi connectivity index (χ3n) is 2.61. The molecule has 0 unspecified atom stereocenters. The lowest BCUT2D eigenvalue weighted by atomic mass is 10.1. The number of carboxylic acid groups (broad SMARTS) is 1. The summed E-state index contributed by atoms with van der Waals surface area (Å²) in [6.07, 6.45) is -0.518. The van der Waals surface area contributed by atoms with Crippen LogP contribution in [0.3, 0.4) is 0 Å². The van der Waals surface area contributed by atoms with E-state index in [0.29, 0.717) is 6.54 Å². The number of ether oxygens (including phenoxy) is 1. The molecule has 0 aromatic rings. The monoisotopic (exact) mass is 272 g/mol. The van der Waals surface area contributed by atoms with Gasteiger partial charge in [0.15, 0.2) is 0 Å². The van der Waals surface area contributed by atoms with Crippen LogP contribution in [0.15, 0.2) is 0 Å². The predicted molar refractivity (Wildman–Crippen MR) is 66.6 cm³/mol. The van der Waals surface area contributed by atoms with Gasteiger partial charge < -0.3 is 20.1 Å². The Kier molecular flexibility index (Phi) is 4.74. The zero-order valence-electron chi connectivity index (χ0n) is 11.4. The van der Waals surface area contributed by atoms with E-state index in [2.05, 4.69) is 5.32 Å². The first-order valence-electron chi connectivity index (χ1n) is 6.16. The molecular formula is C12H20N2O5. The van der Waals surface area contributed by atoms with Crippen LogP contribution in [-0.2, 0) is 14.3 Å². The highest BCUT2D eigenvalue weighted by atomic mass is 16.6. The minimum Gasteiger partial charge on any atom is -0.481 e. The second-order valence-electron chi connectivity index (χ2n) is 5.51. The van der Waals surface area contributed by atoms with Crippen LogP contribution in [0.4, 0.5) is 4.79 Å². The summed E-state index contributed by atoms with van der Waals surface area (Å²) in [5.74, 6) is -1.80. The summed E-state index contributed by atoms with van der Waals surface area (Å²) < 4.78 is 5.04. The highest BCUT2D eigenvalue weighted by Gasteiger charge is 2.33. The van der Waals surface area contributed by atoms with Crippen LogP contribution in [0, 0.1) is 5.92 Å². The Labute approximate surface area is 111 Å². The molecule has 2 N–H and O–H groups in total. The molecule has 0 bridgehead atoms. The Bertz CT molecular complexity index is 375. The number of rotatable bonds is 4. The van der Waals surface area contributed by atoms with Gasteiger partial charge in [-0.05, 0) is 20.8 Å². The second kappa shape index (κ2) is 5.90. The fourth-order valence-electron chi connectivity index (χ4n) is 1.76. The minimum atomic E-state index is -0.962. The maximum atomic E-state index is 11.5. The van der Waals surface area contributed by atoms with Gasteiger partial charge in [-0.15, -0.1) is 0 Å². The molecule has 1 aliphatic rings. The first-order chi connectivity index (χ1) is 8.69. The van der Waals surface area contributed by atoms with Gasteiger partial charge in [0, 0.05) is 26.1 Å². The van der Waals surface area contributed by atoms with Crippen molar-refractivity contribution in [2.45, 2.75) is 32.8 Å². The standard InChI is InChI=1S/C12H20N2O5/c1-12(2,3)19-11(18)13-4-5-14-7-8(10(16)17)6-9(14)15/h8H,4-7H2,1-3H3,(H,13,18)(H,16,17)/t8-/m1/s1. The number of carbonyl (C=O) groups is 3. The third kappa shape index (κ3) is 5.15. The SMILES string of the molecule is CC(C)(C)OC(=O)NCCN1C[C@H](C(=O)O)CC1=O. The summed E-state index contributed by atoms with van der Waals surface area (Å²) in [4.78, 5) is 35.1. The molecule has 2 amide bonds. The molecule has 108 valence electrons. The number of nitrogens with zero attached hydrogens (tertiary/aromatic N) is 1. The number of amides is 2. The molecule has 0 spiro atoms. The van der Waals surface area contributed by atoms with E-state index in [1.165, 1.54) is 4.90 Å². The minimum absolute atomic E-state index is 0.0295. The number of nitrogens with one attached hydrogen (secondary N) is 1. The Morgan fingerprint density at radius 1 is 1.47 bits per heavy atom. The van der Waals surface area contributed by atoms with Crippen molar-refractivity contribution in [3.05, 3.63) is 0 Å². The van der Waals surface area contributed by atoms with E-state index in [1.807, 2.05) is 0 Å². The van der Waals surface area contributed by atoms with Crippen LogP contribution in [0.1, 0.15) is 27.2 Å². The molecule has 1 rings (SSSR count). The second-order valence-corrected chi connectivity index (χ2v) is 5.51. The summed E-state index contributed by atoms with van der Waals surface area (Å²) in [6, 6.07) is 0. The van der Waals surface area contributed by atoms with Gasteiger partial charge >= 0.3 is 12.1 Å². The largest absolute Gasteiger partial charge is 0.481 e. The Hall–Kier alpha value is -1.79. The van der Waals surface area contributed by atoms with Crippen LogP contribution in [0.25, 0.3) is 0 Å². The maximum Gasteiger partial charge on any atom is 0.407 e. The summed E-state index contributed by atoms with van der Waals surface area (Å²) in [5.41, 5.74) is -0.568. The van der Waals surface area contributed by atoms with Crippen molar-refractivity contribution in [1.82, 2.24) is 10.2 Å². The van der Waals surface area contributed by atoms with E-state index in [9.17, 15) is 14.4 Å². The fraction of sp³-hybridized carbons (Fsp3) is 0.750. The van der Waals surface area contributed by atoms with Crippen molar-refractivity contribution in [3.8, 4) is 0 Å². The molecule has 1 heterocycles. The quantitative estimate of drug-likeness (QED) is 0.774. The molecule has 0 saturated carbocycles. The van der Waals surface area contributed by atoms with E-state index in [0.717, 1.165) is 0 Å². The zero-order chi connectivity index (χ0) is 14.6. The fourth-order valence-corrected chi connectivity index (χ4v) is 1.76. The Balaban J connectivity index is 2.29. The topological polar surface area (TPSA) is 95.9 Å². The average molecular weight is 272 g/mol. The van der Waals surface area contributed by atoms with Crippen molar-refractivity contribution in [1.29, 1.82) is 0 Å². The Morgan fingerprint density at radius 3 is 2.58 bits per heavy atom. The number of hydrogen-bond donors (Lipinski definition) is 2. The molecule has 7 heteroatoms. The van der Waals surface area contributed by atoms with Crippen LogP contribution < -0.4 is 5.32 Å².